The Morgan fingerprint density at radius 3 is 2.29 bits per heavy atom. The van der Waals surface area contributed by atoms with E-state index in [0.29, 0.717) is 6.42 Å². The Hall–Kier alpha value is -0.580. The van der Waals surface area contributed by atoms with Crippen molar-refractivity contribution in [2.45, 2.75) is 31.9 Å². The van der Waals surface area contributed by atoms with Crippen LogP contribution in [0.25, 0.3) is 0 Å². The molecule has 2 atom stereocenters. The molecule has 0 aromatic carbocycles. The molecule has 0 aromatic rings. The fourth-order valence-corrected chi connectivity index (χ4v) is 4.02. The molecule has 14 heavy (non-hydrogen) atoms. The molecule has 1 N–H and O–H groups in total. The van der Waals surface area contributed by atoms with Crippen LogP contribution in [0.3, 0.4) is 0 Å². The van der Waals surface area contributed by atoms with Gasteiger partial charge in [-0.1, -0.05) is 6.92 Å². The third kappa shape index (κ3) is 1.54. The summed E-state index contributed by atoms with van der Waals surface area (Å²) in [6, 6.07) is 0. The molecule has 2 unspecified atom stereocenters. The van der Waals surface area contributed by atoms with Gasteiger partial charge in [-0.2, -0.15) is 0 Å². The highest BCUT2D eigenvalue weighted by molar-refractivity contribution is 7.93. The number of hydrogen-bond donors (Lipinski definition) is 1. The lowest BCUT2D eigenvalue weighted by atomic mass is 9.82. The van der Waals surface area contributed by atoms with Gasteiger partial charge in [-0.15, -0.1) is 0 Å². The number of hydrogen-bond acceptors (Lipinski definition) is 3. The molecule has 1 fully saturated rings. The molecule has 1 aliphatic rings. The van der Waals surface area contributed by atoms with Gasteiger partial charge in [-0.05, 0) is 26.2 Å². The molecule has 0 saturated carbocycles. The first-order valence-electron chi connectivity index (χ1n) is 4.65. The van der Waals surface area contributed by atoms with Gasteiger partial charge in [0.1, 0.15) is 0 Å². The van der Waals surface area contributed by atoms with Crippen LogP contribution in [-0.2, 0) is 14.6 Å². The predicted octanol–water partition coefficient (Wildman–Crippen LogP) is 0.920. The highest BCUT2D eigenvalue weighted by atomic mass is 32.2. The molecule has 4 nitrogen and oxygen atoms in total. The van der Waals surface area contributed by atoms with E-state index < -0.39 is 26.5 Å². The van der Waals surface area contributed by atoms with Crippen molar-refractivity contribution in [2.75, 3.05) is 5.75 Å². The first kappa shape index (κ1) is 11.5. The molecule has 0 amide bonds. The second-order valence-electron chi connectivity index (χ2n) is 4.44. The molecule has 82 valence electrons. The first-order chi connectivity index (χ1) is 6.20. The maximum Gasteiger partial charge on any atom is 0.306 e. The number of rotatable bonds is 2. The van der Waals surface area contributed by atoms with Gasteiger partial charge >= 0.3 is 5.97 Å². The number of aliphatic carboxylic acids is 1. The van der Waals surface area contributed by atoms with Crippen molar-refractivity contribution in [3.63, 3.8) is 0 Å². The quantitative estimate of drug-likeness (QED) is 0.751. The van der Waals surface area contributed by atoms with Gasteiger partial charge in [-0.3, -0.25) is 4.79 Å². The topological polar surface area (TPSA) is 71.4 Å². The van der Waals surface area contributed by atoms with Gasteiger partial charge in [-0.25, -0.2) is 8.42 Å². The van der Waals surface area contributed by atoms with Crippen molar-refractivity contribution in [3.05, 3.63) is 0 Å². The summed E-state index contributed by atoms with van der Waals surface area (Å²) in [6.45, 7) is 4.83. The Bertz CT molecular complexity index is 342. The van der Waals surface area contributed by atoms with Crippen LogP contribution in [-0.4, -0.2) is 30.0 Å². The van der Waals surface area contributed by atoms with Gasteiger partial charge in [0.15, 0.2) is 9.84 Å². The van der Waals surface area contributed by atoms with Crippen molar-refractivity contribution in [3.8, 4) is 0 Å². The summed E-state index contributed by atoms with van der Waals surface area (Å²) in [5.41, 5.74) is 0. The summed E-state index contributed by atoms with van der Waals surface area (Å²) < 4.78 is 22.4. The molecule has 1 heterocycles. The van der Waals surface area contributed by atoms with E-state index in [1.54, 1.807) is 20.8 Å². The van der Waals surface area contributed by atoms with Gasteiger partial charge in [0.2, 0.25) is 0 Å². The largest absolute Gasteiger partial charge is 0.481 e. The highest BCUT2D eigenvalue weighted by Crippen LogP contribution is 2.41. The molecule has 0 bridgehead atoms. The highest BCUT2D eigenvalue weighted by Gasteiger charge is 2.50. The third-order valence-electron chi connectivity index (χ3n) is 3.39. The summed E-state index contributed by atoms with van der Waals surface area (Å²) in [5, 5.41) is 8.85. The summed E-state index contributed by atoms with van der Waals surface area (Å²) in [5.74, 6) is -1.67. The SMILES string of the molecule is CC(C(=O)O)C1CCS(=O)(=O)C1(C)C. The minimum atomic E-state index is -3.12. The molecule has 5 heteroatoms. The van der Waals surface area contributed by atoms with Crippen molar-refractivity contribution in [1.29, 1.82) is 0 Å². The molecule has 1 aliphatic heterocycles. The zero-order valence-electron chi connectivity index (χ0n) is 8.65. The Morgan fingerprint density at radius 2 is 2.00 bits per heavy atom. The van der Waals surface area contributed by atoms with E-state index in [4.69, 9.17) is 5.11 Å². The van der Waals surface area contributed by atoms with Crippen LogP contribution in [0.1, 0.15) is 27.2 Å². The van der Waals surface area contributed by atoms with Crippen LogP contribution >= 0.6 is 0 Å². The summed E-state index contributed by atoms with van der Waals surface area (Å²) in [7, 11) is -3.12. The molecule has 0 aliphatic carbocycles. The van der Waals surface area contributed by atoms with Crippen molar-refractivity contribution >= 4 is 15.8 Å². The lowest BCUT2D eigenvalue weighted by Gasteiger charge is -2.28. The van der Waals surface area contributed by atoms with E-state index in [1.807, 2.05) is 0 Å². The van der Waals surface area contributed by atoms with Crippen LogP contribution in [0.5, 0.6) is 0 Å². The maximum atomic E-state index is 11.6. The number of carboxylic acid groups (broad SMARTS) is 1. The second kappa shape index (κ2) is 3.22. The van der Waals surface area contributed by atoms with E-state index in [-0.39, 0.29) is 11.7 Å². The molecule has 0 spiro atoms. The zero-order chi connectivity index (χ0) is 11.1. The fraction of sp³-hybridized carbons (Fsp3) is 0.889. The van der Waals surface area contributed by atoms with Crippen molar-refractivity contribution in [2.24, 2.45) is 11.8 Å². The van der Waals surface area contributed by atoms with Crippen LogP contribution in [0.15, 0.2) is 0 Å². The average molecular weight is 220 g/mol. The second-order valence-corrected chi connectivity index (χ2v) is 7.13. The van der Waals surface area contributed by atoms with Crippen LogP contribution < -0.4 is 0 Å². The van der Waals surface area contributed by atoms with E-state index in [1.165, 1.54) is 0 Å². The molecule has 0 aromatic heterocycles. The third-order valence-corrected chi connectivity index (χ3v) is 6.06. The lowest BCUT2D eigenvalue weighted by molar-refractivity contribution is -0.143. The van der Waals surface area contributed by atoms with Crippen molar-refractivity contribution in [1.82, 2.24) is 0 Å². The van der Waals surface area contributed by atoms with Crippen molar-refractivity contribution < 1.29 is 18.3 Å². The van der Waals surface area contributed by atoms with E-state index in [0.717, 1.165) is 0 Å². The summed E-state index contributed by atoms with van der Waals surface area (Å²) >= 11 is 0. The van der Waals surface area contributed by atoms with E-state index in [2.05, 4.69) is 0 Å². The molecule has 0 radical (unpaired) electrons. The van der Waals surface area contributed by atoms with E-state index in [9.17, 15) is 13.2 Å². The number of carbonyl (C=O) groups is 1. The van der Waals surface area contributed by atoms with Gasteiger partial charge < -0.3 is 5.11 Å². The molecular formula is C9H16O4S. The summed E-state index contributed by atoms with van der Waals surface area (Å²) in [6.07, 6.45) is 0.461. The standard InChI is InChI=1S/C9H16O4S/c1-6(8(10)11)7-4-5-14(12,13)9(7,2)3/h6-7H,4-5H2,1-3H3,(H,10,11). The number of carboxylic acids is 1. The first-order valence-corrected chi connectivity index (χ1v) is 6.30. The van der Waals surface area contributed by atoms with Crippen LogP contribution in [0.2, 0.25) is 0 Å². The average Bonchev–Trinajstić information content (AvgIpc) is 2.21. The molecule has 1 saturated heterocycles. The Morgan fingerprint density at radius 1 is 1.50 bits per heavy atom. The Labute approximate surface area is 84.2 Å². The zero-order valence-corrected chi connectivity index (χ0v) is 9.47. The van der Waals surface area contributed by atoms with Gasteiger partial charge in [0.05, 0.1) is 16.4 Å². The smallest absolute Gasteiger partial charge is 0.306 e. The normalized spacial score (nSPS) is 31.2. The van der Waals surface area contributed by atoms with Crippen LogP contribution in [0, 0.1) is 11.8 Å². The minimum Gasteiger partial charge on any atom is -0.481 e. The lowest BCUT2D eigenvalue weighted by Crippen LogP contribution is -2.38. The fourth-order valence-electron chi connectivity index (χ4n) is 2.15. The molecular weight excluding hydrogens is 204 g/mol. The maximum absolute atomic E-state index is 11.6. The Balaban J connectivity index is 3.02. The monoisotopic (exact) mass is 220 g/mol. The molecule has 1 rings (SSSR count). The number of sulfone groups is 1. The predicted molar refractivity (Wildman–Crippen MR) is 52.8 cm³/mol. The van der Waals surface area contributed by atoms with Crippen LogP contribution in [0.4, 0.5) is 0 Å². The summed E-state index contributed by atoms with van der Waals surface area (Å²) in [4.78, 5) is 10.8. The minimum absolute atomic E-state index is 0.113. The van der Waals surface area contributed by atoms with Gasteiger partial charge in [0, 0.05) is 0 Å². The van der Waals surface area contributed by atoms with E-state index >= 15 is 0 Å². The van der Waals surface area contributed by atoms with Gasteiger partial charge in [0.25, 0.3) is 0 Å². The Kier molecular flexibility index (Phi) is 2.65.